The Hall–Kier alpha value is -3.54. The summed E-state index contributed by atoms with van der Waals surface area (Å²) in [6.07, 6.45) is 12.3. The van der Waals surface area contributed by atoms with E-state index in [4.69, 9.17) is 37.9 Å². The Morgan fingerprint density at radius 1 is 1.10 bits per heavy atom. The molecule has 7 rings (SSSR count). The Morgan fingerprint density at radius 3 is 2.58 bits per heavy atom. The summed E-state index contributed by atoms with van der Waals surface area (Å²) in [7, 11) is 1.58. The summed E-state index contributed by atoms with van der Waals surface area (Å²) in [5, 5.41) is 27.8. The molecule has 16 atom stereocenters. The van der Waals surface area contributed by atoms with Crippen LogP contribution in [0.3, 0.4) is 0 Å². The molecule has 2 bridgehead atoms. The lowest BCUT2D eigenvalue weighted by molar-refractivity contribution is -0.300. The van der Waals surface area contributed by atoms with Gasteiger partial charge in [0.05, 0.1) is 31.0 Å². The molecule has 62 heavy (non-hydrogen) atoms. The molecule has 0 aromatic carbocycles. The molecule has 3 fully saturated rings. The minimum atomic E-state index is -1.85. The third-order valence-corrected chi connectivity index (χ3v) is 14.0. The first-order valence-electron chi connectivity index (χ1n) is 22.3. The molecule has 15 nitrogen and oxygen atoms in total. The number of ether oxygens (including phenoxy) is 8. The van der Waals surface area contributed by atoms with Gasteiger partial charge in [0.2, 0.25) is 0 Å². The van der Waals surface area contributed by atoms with Gasteiger partial charge in [0.1, 0.15) is 48.6 Å². The Bertz CT molecular complexity index is 1930. The highest BCUT2D eigenvalue weighted by Gasteiger charge is 2.60. The largest absolute Gasteiger partial charge is 0.462 e. The first kappa shape index (κ1) is 46.5. The zero-order chi connectivity index (χ0) is 44.7. The quantitative estimate of drug-likeness (QED) is 0.250. The van der Waals surface area contributed by atoms with E-state index < -0.39 is 89.9 Å². The number of allylic oxidation sites excluding steroid dienone is 2. The van der Waals surface area contributed by atoms with E-state index in [1.54, 1.807) is 40.0 Å². The highest BCUT2D eigenvalue weighted by Crippen LogP contribution is 2.47. The average molecular weight is 866 g/mol. The molecule has 1 aromatic heterocycles. The van der Waals surface area contributed by atoms with Crippen molar-refractivity contribution in [1.29, 1.82) is 0 Å². The van der Waals surface area contributed by atoms with Gasteiger partial charge in [-0.2, -0.15) is 5.10 Å². The number of aromatic nitrogens is 3. The lowest BCUT2D eigenvalue weighted by Crippen LogP contribution is -2.58. The summed E-state index contributed by atoms with van der Waals surface area (Å²) in [6.45, 7) is 17.5. The molecule has 1 aliphatic carbocycles. The van der Waals surface area contributed by atoms with Crippen molar-refractivity contribution in [2.24, 2.45) is 23.7 Å². The van der Waals surface area contributed by atoms with Crippen LogP contribution >= 0.6 is 0 Å². The summed E-state index contributed by atoms with van der Waals surface area (Å²) >= 11 is 0. The van der Waals surface area contributed by atoms with Crippen molar-refractivity contribution in [3.05, 3.63) is 71.9 Å². The standard InChI is InChI=1S/C47H67N3O12/c1-11-26(2)40-29(5)17-18-46(62-40)22-34-20-33(61-46)16-15-28(4)39(27(3)13-12-14-32-23-56-42-38(51)30(6)19-35(43(52)58-34)47(32,42)54)59-37-21-36(55-10)41(31(7)57-37)60-44(53)45(8,9)50-25-48-24-49-50/h12-15,17-19,24-27,29,31,33-42,51,54H,11,16,20-23H2,1-10H3/b13-12+,28-15+,32-14+/t26?,27-,29-,31-,33+,34-,35?,36-,37?,38+,39-,40+,41-,42+,46?,47+/m0/s1. The molecule has 1 spiro atoms. The van der Waals surface area contributed by atoms with Crippen molar-refractivity contribution in [2.75, 3.05) is 13.7 Å². The molecule has 6 aliphatic rings. The van der Waals surface area contributed by atoms with Crippen molar-refractivity contribution in [3.8, 4) is 0 Å². The smallest absolute Gasteiger partial charge is 0.334 e. The van der Waals surface area contributed by atoms with Crippen molar-refractivity contribution >= 4 is 11.9 Å². The highest BCUT2D eigenvalue weighted by atomic mass is 16.7. The second-order valence-corrected chi connectivity index (χ2v) is 18.9. The van der Waals surface area contributed by atoms with Crippen LogP contribution in [0.1, 0.15) is 94.4 Å². The van der Waals surface area contributed by atoms with Crippen LogP contribution in [-0.2, 0) is 53.0 Å². The monoisotopic (exact) mass is 865 g/mol. The summed E-state index contributed by atoms with van der Waals surface area (Å²) in [4.78, 5) is 31.8. The predicted octanol–water partition coefficient (Wildman–Crippen LogP) is 5.42. The number of nitrogens with zero attached hydrogens (tertiary/aromatic N) is 3. The van der Waals surface area contributed by atoms with Crippen LogP contribution in [-0.4, -0.2) is 123 Å². The second kappa shape index (κ2) is 18.5. The molecule has 6 heterocycles. The number of aliphatic hydroxyl groups excluding tert-OH is 1. The van der Waals surface area contributed by atoms with E-state index in [1.165, 1.54) is 17.3 Å². The zero-order valence-electron chi connectivity index (χ0n) is 37.8. The maximum Gasteiger partial charge on any atom is 0.334 e. The van der Waals surface area contributed by atoms with Gasteiger partial charge >= 0.3 is 11.9 Å². The predicted molar refractivity (Wildman–Crippen MR) is 226 cm³/mol. The van der Waals surface area contributed by atoms with E-state index in [-0.39, 0.29) is 43.3 Å². The summed E-state index contributed by atoms with van der Waals surface area (Å²) in [5.41, 5.74) is -1.05. The number of hydrogen-bond acceptors (Lipinski definition) is 14. The van der Waals surface area contributed by atoms with Crippen LogP contribution in [0.5, 0.6) is 0 Å². The maximum atomic E-state index is 14.3. The lowest BCUT2D eigenvalue weighted by Gasteiger charge is -2.48. The van der Waals surface area contributed by atoms with Gasteiger partial charge < -0.3 is 48.1 Å². The van der Waals surface area contributed by atoms with Gasteiger partial charge in [0.15, 0.2) is 23.7 Å². The summed E-state index contributed by atoms with van der Waals surface area (Å²) in [5.74, 6) is -3.15. The van der Waals surface area contributed by atoms with Crippen LogP contribution < -0.4 is 0 Å². The molecule has 2 N–H and O–H groups in total. The van der Waals surface area contributed by atoms with Crippen LogP contribution in [0.2, 0.25) is 0 Å². The third kappa shape index (κ3) is 9.06. The van der Waals surface area contributed by atoms with Crippen LogP contribution in [0.25, 0.3) is 0 Å². The second-order valence-electron chi connectivity index (χ2n) is 18.9. The molecule has 4 unspecified atom stereocenters. The first-order chi connectivity index (χ1) is 29.4. The molecule has 0 radical (unpaired) electrons. The highest BCUT2D eigenvalue weighted by molar-refractivity contribution is 5.79. The lowest BCUT2D eigenvalue weighted by atomic mass is 9.71. The van der Waals surface area contributed by atoms with Gasteiger partial charge in [-0.05, 0) is 69.8 Å². The van der Waals surface area contributed by atoms with Crippen LogP contribution in [0, 0.1) is 23.7 Å². The van der Waals surface area contributed by atoms with Crippen molar-refractivity contribution in [3.63, 3.8) is 0 Å². The van der Waals surface area contributed by atoms with Gasteiger partial charge in [-0.25, -0.2) is 14.5 Å². The molecule has 15 heteroatoms. The van der Waals surface area contributed by atoms with Crippen molar-refractivity contribution in [1.82, 2.24) is 14.8 Å². The first-order valence-corrected chi connectivity index (χ1v) is 22.3. The zero-order valence-corrected chi connectivity index (χ0v) is 37.8. The average Bonchev–Trinajstić information content (AvgIpc) is 3.91. The number of rotatable bonds is 8. The van der Waals surface area contributed by atoms with Gasteiger partial charge in [-0.1, -0.05) is 70.6 Å². The van der Waals surface area contributed by atoms with E-state index in [1.807, 2.05) is 39.0 Å². The molecule has 0 saturated carbocycles. The Balaban J connectivity index is 1.19. The van der Waals surface area contributed by atoms with Gasteiger partial charge in [-0.3, -0.25) is 4.79 Å². The number of hydrogen-bond donors (Lipinski definition) is 2. The van der Waals surface area contributed by atoms with Crippen molar-refractivity contribution < 1.29 is 57.7 Å². The summed E-state index contributed by atoms with van der Waals surface area (Å²) in [6, 6.07) is 0. The summed E-state index contributed by atoms with van der Waals surface area (Å²) < 4.78 is 52.9. The molecule has 1 aromatic rings. The van der Waals surface area contributed by atoms with E-state index in [9.17, 15) is 19.8 Å². The van der Waals surface area contributed by atoms with Gasteiger partial charge in [0.25, 0.3) is 0 Å². The van der Waals surface area contributed by atoms with E-state index >= 15 is 0 Å². The number of methoxy groups -OCH3 is 1. The number of fused-ring (bicyclic) bond motifs is 2. The topological polar surface area (TPSA) is 179 Å². The number of esters is 2. The molecule has 342 valence electrons. The number of carbonyl (C=O) groups is 2. The molecular weight excluding hydrogens is 799 g/mol. The number of aliphatic hydroxyl groups is 2. The normalized spacial score (nSPS) is 43.0. The fraction of sp³-hybridized carbons (Fsp3) is 0.702. The molecular formula is C47H67N3O12. The van der Waals surface area contributed by atoms with Gasteiger partial charge in [-0.15, -0.1) is 0 Å². The van der Waals surface area contributed by atoms with Gasteiger partial charge in [0, 0.05) is 38.2 Å². The minimum absolute atomic E-state index is 0.0188. The maximum absolute atomic E-state index is 14.3. The Morgan fingerprint density at radius 2 is 1.87 bits per heavy atom. The fourth-order valence-electron chi connectivity index (χ4n) is 9.89. The van der Waals surface area contributed by atoms with E-state index in [0.29, 0.717) is 24.0 Å². The third-order valence-electron chi connectivity index (χ3n) is 14.0. The van der Waals surface area contributed by atoms with E-state index in [0.717, 1.165) is 12.0 Å². The Labute approximate surface area is 365 Å². The minimum Gasteiger partial charge on any atom is -0.462 e. The van der Waals surface area contributed by atoms with Crippen LogP contribution in [0.15, 0.2) is 71.9 Å². The van der Waals surface area contributed by atoms with Crippen molar-refractivity contribution in [2.45, 2.75) is 173 Å². The van der Waals surface area contributed by atoms with Crippen LogP contribution in [0.4, 0.5) is 0 Å². The van der Waals surface area contributed by atoms with E-state index in [2.05, 4.69) is 43.0 Å². The Kier molecular flexibility index (Phi) is 13.9. The molecule has 3 saturated heterocycles. The SMILES string of the molecule is CCC(C)[C@H]1OC2(C=C[C@@H]1C)C[C@@H]1C[C@@H](C/C=C(\C)[C@@H](OC3C[C@H](OC)[C@@H](OC(=O)C(C)(C)n4cncn4)[C@H](C)O3)[C@@H](C)/C=C/C=C3\CO[C@@H]4[C@H](O)C(C)=CC(C(=O)O1)[C@]34O)O2. The molecule has 5 aliphatic heterocycles. The molecule has 0 amide bonds. The fourth-order valence-corrected chi connectivity index (χ4v) is 9.89. The number of carbonyl (C=O) groups excluding carboxylic acids is 2.